The van der Waals surface area contributed by atoms with E-state index in [2.05, 4.69) is 5.32 Å². The smallest absolute Gasteiger partial charge is 0.251 e. The van der Waals surface area contributed by atoms with Crippen molar-refractivity contribution in [1.82, 2.24) is 15.1 Å². The summed E-state index contributed by atoms with van der Waals surface area (Å²) in [5.41, 5.74) is 1.03. The maximum Gasteiger partial charge on any atom is 0.251 e. The first-order valence-electron chi connectivity index (χ1n) is 8.04. The van der Waals surface area contributed by atoms with E-state index in [1.165, 1.54) is 4.90 Å². The number of nitrogens with zero attached hydrogens (tertiary/aromatic N) is 2. The van der Waals surface area contributed by atoms with E-state index < -0.39 is 6.04 Å². The molecule has 1 aromatic carbocycles. The number of hydrogen-bond acceptors (Lipinski definition) is 3. The third-order valence-corrected chi connectivity index (χ3v) is 4.77. The lowest BCUT2D eigenvalue weighted by Crippen LogP contribution is -2.51. The van der Waals surface area contributed by atoms with Crippen LogP contribution < -0.4 is 5.32 Å². The van der Waals surface area contributed by atoms with Gasteiger partial charge in [0, 0.05) is 19.5 Å². The summed E-state index contributed by atoms with van der Waals surface area (Å²) in [6.45, 7) is 3.30. The summed E-state index contributed by atoms with van der Waals surface area (Å²) in [5.74, 6) is -0.124. The Morgan fingerprint density at radius 3 is 2.52 bits per heavy atom. The van der Waals surface area contributed by atoms with E-state index in [1.807, 2.05) is 35.2 Å². The molecular weight excluding hydrogens is 310 g/mol. The largest absolute Gasteiger partial charge is 0.351 e. The van der Waals surface area contributed by atoms with E-state index in [1.54, 1.807) is 6.92 Å². The molecule has 1 N–H and O–H groups in total. The van der Waals surface area contributed by atoms with Crippen molar-refractivity contribution in [2.24, 2.45) is 0 Å². The Morgan fingerprint density at radius 1 is 1.30 bits per heavy atom. The highest BCUT2D eigenvalue weighted by Gasteiger charge is 2.42. The first-order valence-corrected chi connectivity index (χ1v) is 8.45. The summed E-state index contributed by atoms with van der Waals surface area (Å²) in [7, 11) is 0. The van der Waals surface area contributed by atoms with Gasteiger partial charge < -0.3 is 10.2 Å². The zero-order chi connectivity index (χ0) is 16.4. The monoisotopic (exact) mass is 331 g/mol. The third kappa shape index (κ3) is 3.22. The molecule has 6 heteroatoms. The Morgan fingerprint density at radius 2 is 1.96 bits per heavy atom. The van der Waals surface area contributed by atoms with Gasteiger partial charge in [0.15, 0.2) is 5.11 Å². The molecule has 1 aromatic rings. The lowest BCUT2D eigenvalue weighted by atomic mass is 10.0. The highest BCUT2D eigenvalue weighted by Crippen LogP contribution is 2.20. The first-order chi connectivity index (χ1) is 11.1. The van der Waals surface area contributed by atoms with Crippen LogP contribution in [-0.4, -0.2) is 51.9 Å². The second-order valence-corrected chi connectivity index (χ2v) is 6.50. The van der Waals surface area contributed by atoms with Gasteiger partial charge in [-0.25, -0.2) is 0 Å². The number of carbonyl (C=O) groups is 2. The van der Waals surface area contributed by atoms with Crippen LogP contribution in [0.15, 0.2) is 30.3 Å². The zero-order valence-electron chi connectivity index (χ0n) is 13.2. The lowest BCUT2D eigenvalue weighted by molar-refractivity contribution is -0.140. The molecule has 2 aliphatic heterocycles. The van der Waals surface area contributed by atoms with Crippen LogP contribution in [0.25, 0.3) is 0 Å². The fraction of sp³-hybridized carbons (Fsp3) is 0.471. The van der Waals surface area contributed by atoms with Crippen LogP contribution in [0.4, 0.5) is 0 Å². The number of thiocarbonyl (C=S) groups is 1. The normalized spacial score (nSPS) is 22.4. The molecule has 2 aliphatic rings. The molecule has 2 fully saturated rings. The number of likely N-dealkylation sites (tertiary alicyclic amines) is 1. The molecule has 3 rings (SSSR count). The number of nitrogens with one attached hydrogen (secondary N) is 1. The van der Waals surface area contributed by atoms with Crippen LogP contribution in [0.5, 0.6) is 0 Å². The number of hydrogen-bond donors (Lipinski definition) is 1. The molecule has 2 saturated heterocycles. The standard InChI is InChI=1S/C17H21N3O2S/c1-12-15(21)20(17(23)18-12)14(11-13-7-3-2-4-8-13)16(22)19-9-5-6-10-19/h2-4,7-8,12,14H,5-6,9-11H2,1H3,(H,18,23)/t12-,14-/m0/s1. The maximum absolute atomic E-state index is 13.0. The van der Waals surface area contributed by atoms with Crippen LogP contribution >= 0.6 is 12.2 Å². The molecule has 23 heavy (non-hydrogen) atoms. The van der Waals surface area contributed by atoms with Crippen LogP contribution in [0.2, 0.25) is 0 Å². The van der Waals surface area contributed by atoms with Crippen molar-refractivity contribution in [2.75, 3.05) is 13.1 Å². The number of benzene rings is 1. The Kier molecular flexibility index (Phi) is 4.61. The topological polar surface area (TPSA) is 52.7 Å². The maximum atomic E-state index is 13.0. The van der Waals surface area contributed by atoms with Crippen LogP contribution in [0.1, 0.15) is 25.3 Å². The van der Waals surface area contributed by atoms with E-state index >= 15 is 0 Å². The number of amides is 2. The van der Waals surface area contributed by atoms with Crippen LogP contribution in [0, 0.1) is 0 Å². The zero-order valence-corrected chi connectivity index (χ0v) is 14.0. The minimum absolute atomic E-state index is 0.00190. The Labute approximate surface area is 141 Å². The average Bonchev–Trinajstić information content (AvgIpc) is 3.16. The summed E-state index contributed by atoms with van der Waals surface area (Å²) >= 11 is 5.30. The van der Waals surface area contributed by atoms with E-state index in [9.17, 15) is 9.59 Å². The van der Waals surface area contributed by atoms with Crippen molar-refractivity contribution in [2.45, 2.75) is 38.3 Å². The van der Waals surface area contributed by atoms with E-state index in [0.717, 1.165) is 31.5 Å². The SMILES string of the molecule is C[C@@H]1NC(=S)N([C@@H](Cc2ccccc2)C(=O)N2CCCC2)C1=O. The Hall–Kier alpha value is -1.95. The quantitative estimate of drug-likeness (QED) is 0.846. The summed E-state index contributed by atoms with van der Waals surface area (Å²) in [6, 6.07) is 8.85. The van der Waals surface area contributed by atoms with Gasteiger partial charge in [-0.05, 0) is 37.5 Å². The van der Waals surface area contributed by atoms with Crippen molar-refractivity contribution in [3.8, 4) is 0 Å². The van der Waals surface area contributed by atoms with Gasteiger partial charge in [0.2, 0.25) is 5.91 Å². The van der Waals surface area contributed by atoms with Gasteiger partial charge in [-0.2, -0.15) is 0 Å². The van der Waals surface area contributed by atoms with Gasteiger partial charge in [0.05, 0.1) is 0 Å². The van der Waals surface area contributed by atoms with Gasteiger partial charge in [-0.1, -0.05) is 30.3 Å². The summed E-state index contributed by atoms with van der Waals surface area (Å²) in [4.78, 5) is 28.8. The van der Waals surface area contributed by atoms with Gasteiger partial charge in [-0.15, -0.1) is 0 Å². The van der Waals surface area contributed by atoms with Gasteiger partial charge in [0.1, 0.15) is 12.1 Å². The minimum atomic E-state index is -0.562. The molecule has 2 heterocycles. The Balaban J connectivity index is 1.88. The van der Waals surface area contributed by atoms with E-state index in [0.29, 0.717) is 11.5 Å². The van der Waals surface area contributed by atoms with E-state index in [4.69, 9.17) is 12.2 Å². The number of carbonyl (C=O) groups excluding carboxylic acids is 2. The average molecular weight is 331 g/mol. The van der Waals surface area contributed by atoms with Gasteiger partial charge >= 0.3 is 0 Å². The molecule has 0 spiro atoms. The summed E-state index contributed by atoms with van der Waals surface area (Å²) in [5, 5.41) is 3.32. The van der Waals surface area contributed by atoms with Crippen LogP contribution in [0.3, 0.4) is 0 Å². The number of rotatable bonds is 4. The highest BCUT2D eigenvalue weighted by atomic mass is 32.1. The molecule has 0 unspecified atom stereocenters. The fourth-order valence-corrected chi connectivity index (χ4v) is 3.59. The van der Waals surface area contributed by atoms with E-state index in [-0.39, 0.29) is 17.9 Å². The second-order valence-electron chi connectivity index (χ2n) is 6.12. The molecule has 122 valence electrons. The predicted octanol–water partition coefficient (Wildman–Crippen LogP) is 1.33. The molecule has 0 bridgehead atoms. The van der Waals surface area contributed by atoms with Gasteiger partial charge in [-0.3, -0.25) is 14.5 Å². The Bertz CT molecular complexity index is 614. The molecule has 0 aromatic heterocycles. The predicted molar refractivity (Wildman–Crippen MR) is 91.8 cm³/mol. The highest BCUT2D eigenvalue weighted by molar-refractivity contribution is 7.80. The van der Waals surface area contributed by atoms with Crippen molar-refractivity contribution in [3.63, 3.8) is 0 Å². The molecule has 0 radical (unpaired) electrons. The van der Waals surface area contributed by atoms with Crippen LogP contribution in [-0.2, 0) is 16.0 Å². The fourth-order valence-electron chi connectivity index (χ4n) is 3.19. The summed E-state index contributed by atoms with van der Waals surface area (Å²) < 4.78 is 0. The first kappa shape index (κ1) is 15.9. The minimum Gasteiger partial charge on any atom is -0.351 e. The van der Waals surface area contributed by atoms with Gasteiger partial charge in [0.25, 0.3) is 5.91 Å². The molecule has 2 amide bonds. The van der Waals surface area contributed by atoms with Crippen molar-refractivity contribution in [1.29, 1.82) is 0 Å². The molecule has 0 saturated carbocycles. The van der Waals surface area contributed by atoms with Crippen molar-refractivity contribution < 1.29 is 9.59 Å². The lowest BCUT2D eigenvalue weighted by Gasteiger charge is -2.29. The second kappa shape index (κ2) is 6.66. The third-order valence-electron chi connectivity index (χ3n) is 4.45. The molecule has 5 nitrogen and oxygen atoms in total. The summed E-state index contributed by atoms with van der Waals surface area (Å²) in [6.07, 6.45) is 2.53. The van der Waals surface area contributed by atoms with Crippen molar-refractivity contribution >= 4 is 29.1 Å². The van der Waals surface area contributed by atoms with Crippen molar-refractivity contribution in [3.05, 3.63) is 35.9 Å². The molecule has 0 aliphatic carbocycles. The molecular formula is C17H21N3O2S. The molecule has 2 atom stereocenters.